The van der Waals surface area contributed by atoms with Gasteiger partial charge in [-0.05, 0) is 18.3 Å². The number of hydrogen-bond donors (Lipinski definition) is 1. The number of aliphatic hydroxyl groups excluding tert-OH is 1. The molecule has 2 rings (SSSR count). The summed E-state index contributed by atoms with van der Waals surface area (Å²) in [6, 6.07) is 0. The lowest BCUT2D eigenvalue weighted by atomic mass is 10.00. The van der Waals surface area contributed by atoms with E-state index in [4.69, 9.17) is 0 Å². The topological polar surface area (TPSA) is 46.0 Å². The summed E-state index contributed by atoms with van der Waals surface area (Å²) in [5.74, 6) is 0. The monoisotopic (exact) mass is 164 g/mol. The van der Waals surface area contributed by atoms with Crippen LogP contribution in [0.5, 0.6) is 0 Å². The molecular weight excluding hydrogens is 152 g/mol. The first-order chi connectivity index (χ1) is 5.72. The van der Waals surface area contributed by atoms with E-state index in [9.17, 15) is 5.11 Å². The molecule has 0 amide bonds. The van der Waals surface area contributed by atoms with E-state index in [1.54, 1.807) is 18.6 Å². The molecule has 1 unspecified atom stereocenters. The van der Waals surface area contributed by atoms with Gasteiger partial charge in [-0.25, -0.2) is 0 Å². The number of aliphatic hydroxyl groups is 1. The summed E-state index contributed by atoms with van der Waals surface area (Å²) in [6.45, 7) is 2.08. The molecule has 1 atom stereocenters. The Balaban J connectivity index is 2.20. The Hall–Kier alpha value is -0.960. The Kier molecular flexibility index (Phi) is 1.61. The van der Waals surface area contributed by atoms with Gasteiger partial charge in [0, 0.05) is 12.4 Å². The van der Waals surface area contributed by atoms with Crippen molar-refractivity contribution >= 4 is 0 Å². The van der Waals surface area contributed by atoms with E-state index in [2.05, 4.69) is 16.9 Å². The average molecular weight is 164 g/mol. The lowest BCUT2D eigenvalue weighted by molar-refractivity contribution is 0.0989. The van der Waals surface area contributed by atoms with Gasteiger partial charge in [0.25, 0.3) is 0 Å². The van der Waals surface area contributed by atoms with Crippen LogP contribution < -0.4 is 0 Å². The van der Waals surface area contributed by atoms with Crippen molar-refractivity contribution in [2.24, 2.45) is 5.41 Å². The Morgan fingerprint density at radius 1 is 1.50 bits per heavy atom. The van der Waals surface area contributed by atoms with Crippen LogP contribution in [0.25, 0.3) is 0 Å². The van der Waals surface area contributed by atoms with Crippen LogP contribution in [-0.4, -0.2) is 15.1 Å². The van der Waals surface area contributed by atoms with Crippen LogP contribution in [0, 0.1) is 5.41 Å². The third kappa shape index (κ3) is 1.20. The zero-order chi connectivity index (χ0) is 8.60. The molecule has 0 aliphatic heterocycles. The molecule has 0 aromatic carbocycles. The molecule has 1 aliphatic rings. The summed E-state index contributed by atoms with van der Waals surface area (Å²) >= 11 is 0. The van der Waals surface area contributed by atoms with Crippen molar-refractivity contribution in [3.05, 3.63) is 24.3 Å². The van der Waals surface area contributed by atoms with E-state index in [1.165, 1.54) is 0 Å². The van der Waals surface area contributed by atoms with E-state index in [1.807, 2.05) is 0 Å². The van der Waals surface area contributed by atoms with E-state index in [0.29, 0.717) is 5.69 Å². The van der Waals surface area contributed by atoms with Crippen LogP contribution in [0.2, 0.25) is 0 Å². The minimum Gasteiger partial charge on any atom is -0.386 e. The summed E-state index contributed by atoms with van der Waals surface area (Å²) in [6.07, 6.45) is 6.60. The molecule has 1 N–H and O–H groups in total. The van der Waals surface area contributed by atoms with Gasteiger partial charge in [-0.2, -0.15) is 0 Å². The first-order valence-electron chi connectivity index (χ1n) is 4.16. The van der Waals surface area contributed by atoms with Crippen LogP contribution in [-0.2, 0) is 0 Å². The molecule has 12 heavy (non-hydrogen) atoms. The second-order valence-corrected chi connectivity index (χ2v) is 3.69. The fourth-order valence-corrected chi connectivity index (χ4v) is 1.28. The quantitative estimate of drug-likeness (QED) is 0.716. The second kappa shape index (κ2) is 2.52. The normalized spacial score (nSPS) is 21.8. The minimum atomic E-state index is -0.439. The third-order valence-electron chi connectivity index (χ3n) is 2.56. The van der Waals surface area contributed by atoms with Crippen molar-refractivity contribution in [1.82, 2.24) is 9.97 Å². The molecule has 0 bridgehead atoms. The Labute approximate surface area is 71.5 Å². The predicted octanol–water partition coefficient (Wildman–Crippen LogP) is 1.31. The van der Waals surface area contributed by atoms with Gasteiger partial charge in [0.2, 0.25) is 0 Å². The van der Waals surface area contributed by atoms with Gasteiger partial charge in [0.05, 0.1) is 11.9 Å². The van der Waals surface area contributed by atoms with Crippen LogP contribution in [0.15, 0.2) is 18.6 Å². The van der Waals surface area contributed by atoms with E-state index < -0.39 is 6.10 Å². The van der Waals surface area contributed by atoms with Crippen LogP contribution in [0.4, 0.5) is 0 Å². The SMILES string of the molecule is CC1(C(O)c2cnccn2)CC1. The van der Waals surface area contributed by atoms with Gasteiger partial charge >= 0.3 is 0 Å². The van der Waals surface area contributed by atoms with Crippen molar-refractivity contribution in [1.29, 1.82) is 0 Å². The Morgan fingerprint density at radius 3 is 2.75 bits per heavy atom. The molecule has 1 aliphatic carbocycles. The van der Waals surface area contributed by atoms with Crippen molar-refractivity contribution in [3.8, 4) is 0 Å². The zero-order valence-corrected chi connectivity index (χ0v) is 7.07. The van der Waals surface area contributed by atoms with Crippen molar-refractivity contribution in [3.63, 3.8) is 0 Å². The number of nitrogens with zero attached hydrogens (tertiary/aromatic N) is 2. The highest BCUT2D eigenvalue weighted by atomic mass is 16.3. The number of hydrogen-bond acceptors (Lipinski definition) is 3. The lowest BCUT2D eigenvalue weighted by Crippen LogP contribution is -2.11. The van der Waals surface area contributed by atoms with Gasteiger partial charge in [0.15, 0.2) is 0 Å². The van der Waals surface area contributed by atoms with Crippen molar-refractivity contribution in [2.75, 3.05) is 0 Å². The molecular formula is C9H12N2O. The summed E-state index contributed by atoms with van der Waals surface area (Å²) in [4.78, 5) is 8.00. The minimum absolute atomic E-state index is 0.0655. The first-order valence-corrected chi connectivity index (χ1v) is 4.16. The summed E-state index contributed by atoms with van der Waals surface area (Å²) < 4.78 is 0. The van der Waals surface area contributed by atoms with Crippen LogP contribution in [0.3, 0.4) is 0 Å². The molecule has 64 valence electrons. The van der Waals surface area contributed by atoms with Gasteiger partial charge in [0.1, 0.15) is 6.10 Å². The molecule has 1 fully saturated rings. The van der Waals surface area contributed by atoms with Crippen LogP contribution in [0.1, 0.15) is 31.6 Å². The number of aromatic nitrogens is 2. The highest BCUT2D eigenvalue weighted by Crippen LogP contribution is 2.53. The zero-order valence-electron chi connectivity index (χ0n) is 7.07. The van der Waals surface area contributed by atoms with E-state index >= 15 is 0 Å². The lowest BCUT2D eigenvalue weighted by Gasteiger charge is -2.15. The molecule has 3 nitrogen and oxygen atoms in total. The molecule has 0 saturated heterocycles. The molecule has 1 aromatic heterocycles. The summed E-state index contributed by atoms with van der Waals surface area (Å²) in [7, 11) is 0. The van der Waals surface area contributed by atoms with E-state index in [0.717, 1.165) is 12.8 Å². The number of rotatable bonds is 2. The smallest absolute Gasteiger partial charge is 0.103 e. The average Bonchev–Trinajstić information content (AvgIpc) is 2.85. The van der Waals surface area contributed by atoms with Gasteiger partial charge in [-0.1, -0.05) is 6.92 Å². The molecule has 1 aromatic rings. The maximum Gasteiger partial charge on any atom is 0.103 e. The largest absolute Gasteiger partial charge is 0.386 e. The molecule has 1 saturated carbocycles. The van der Waals surface area contributed by atoms with E-state index in [-0.39, 0.29) is 5.41 Å². The fraction of sp³-hybridized carbons (Fsp3) is 0.556. The van der Waals surface area contributed by atoms with Crippen LogP contribution >= 0.6 is 0 Å². The highest BCUT2D eigenvalue weighted by Gasteiger charge is 2.45. The van der Waals surface area contributed by atoms with Crippen molar-refractivity contribution < 1.29 is 5.11 Å². The summed E-state index contributed by atoms with van der Waals surface area (Å²) in [5.41, 5.74) is 0.758. The Morgan fingerprint density at radius 2 is 2.25 bits per heavy atom. The maximum absolute atomic E-state index is 9.82. The molecule has 0 radical (unpaired) electrons. The fourth-order valence-electron chi connectivity index (χ4n) is 1.28. The predicted molar refractivity (Wildman–Crippen MR) is 44.3 cm³/mol. The first kappa shape index (κ1) is 7.68. The second-order valence-electron chi connectivity index (χ2n) is 3.69. The maximum atomic E-state index is 9.82. The van der Waals surface area contributed by atoms with Gasteiger partial charge in [-0.15, -0.1) is 0 Å². The highest BCUT2D eigenvalue weighted by molar-refractivity contribution is 5.09. The Bertz CT molecular complexity index is 269. The van der Waals surface area contributed by atoms with Gasteiger partial charge < -0.3 is 5.11 Å². The molecule has 3 heteroatoms. The van der Waals surface area contributed by atoms with Crippen molar-refractivity contribution in [2.45, 2.75) is 25.9 Å². The molecule has 1 heterocycles. The third-order valence-corrected chi connectivity index (χ3v) is 2.56. The summed E-state index contributed by atoms with van der Waals surface area (Å²) in [5, 5.41) is 9.82. The van der Waals surface area contributed by atoms with Gasteiger partial charge in [-0.3, -0.25) is 9.97 Å². The standard InChI is InChI=1S/C9H12N2O/c1-9(2-3-9)8(12)7-6-10-4-5-11-7/h4-6,8,12H,2-3H2,1H3. The molecule has 0 spiro atoms.